The Morgan fingerprint density at radius 1 is 1.05 bits per heavy atom. The molecule has 0 aliphatic rings. The Hall–Kier alpha value is -1.46. The molecule has 0 spiro atoms. The summed E-state index contributed by atoms with van der Waals surface area (Å²) in [5.74, 6) is 0. The molecule has 0 aromatic heterocycles. The first-order valence-electron chi connectivity index (χ1n) is 6.43. The van der Waals surface area contributed by atoms with E-state index in [1.54, 1.807) is 0 Å². The Morgan fingerprint density at radius 2 is 1.67 bits per heavy atom. The SMILES string of the molecule is Cc1ccccc1CC(O)c1ccc(SC(F)(F)F)cc1. The molecular weight excluding hydrogens is 297 g/mol. The molecule has 2 aromatic rings. The van der Waals surface area contributed by atoms with E-state index in [-0.39, 0.29) is 16.7 Å². The fourth-order valence-corrected chi connectivity index (χ4v) is 2.60. The molecule has 0 bridgehead atoms. The van der Waals surface area contributed by atoms with Crippen LogP contribution in [0.1, 0.15) is 22.8 Å². The van der Waals surface area contributed by atoms with E-state index in [2.05, 4.69) is 0 Å². The van der Waals surface area contributed by atoms with Crippen molar-refractivity contribution in [1.82, 2.24) is 0 Å². The van der Waals surface area contributed by atoms with Crippen LogP contribution in [-0.4, -0.2) is 10.6 Å². The van der Waals surface area contributed by atoms with Crippen molar-refractivity contribution in [2.75, 3.05) is 0 Å². The molecule has 0 saturated carbocycles. The van der Waals surface area contributed by atoms with Crippen molar-refractivity contribution in [3.8, 4) is 0 Å². The van der Waals surface area contributed by atoms with E-state index in [0.29, 0.717) is 12.0 Å². The van der Waals surface area contributed by atoms with Gasteiger partial charge in [0.25, 0.3) is 0 Å². The van der Waals surface area contributed by atoms with Crippen molar-refractivity contribution in [3.63, 3.8) is 0 Å². The van der Waals surface area contributed by atoms with Crippen molar-refractivity contribution in [2.24, 2.45) is 0 Å². The average molecular weight is 312 g/mol. The van der Waals surface area contributed by atoms with Gasteiger partial charge in [-0.3, -0.25) is 0 Å². The van der Waals surface area contributed by atoms with Gasteiger partial charge in [0.2, 0.25) is 0 Å². The van der Waals surface area contributed by atoms with Crippen LogP contribution in [-0.2, 0) is 6.42 Å². The van der Waals surface area contributed by atoms with E-state index >= 15 is 0 Å². The van der Waals surface area contributed by atoms with Gasteiger partial charge in [0.1, 0.15) is 0 Å². The van der Waals surface area contributed by atoms with E-state index in [4.69, 9.17) is 0 Å². The smallest absolute Gasteiger partial charge is 0.388 e. The van der Waals surface area contributed by atoms with Crippen LogP contribution in [0.25, 0.3) is 0 Å². The number of benzene rings is 2. The zero-order valence-electron chi connectivity index (χ0n) is 11.4. The van der Waals surface area contributed by atoms with Gasteiger partial charge in [-0.1, -0.05) is 36.4 Å². The highest BCUT2D eigenvalue weighted by Crippen LogP contribution is 2.37. The number of aryl methyl sites for hydroxylation is 1. The van der Waals surface area contributed by atoms with Gasteiger partial charge in [0, 0.05) is 11.3 Å². The number of hydrogen-bond donors (Lipinski definition) is 1. The van der Waals surface area contributed by atoms with Crippen LogP contribution in [0.5, 0.6) is 0 Å². The maximum absolute atomic E-state index is 12.2. The Bertz CT molecular complexity index is 593. The highest BCUT2D eigenvalue weighted by molar-refractivity contribution is 8.00. The van der Waals surface area contributed by atoms with Gasteiger partial charge < -0.3 is 5.11 Å². The van der Waals surface area contributed by atoms with E-state index in [9.17, 15) is 18.3 Å². The third-order valence-corrected chi connectivity index (χ3v) is 3.91. The van der Waals surface area contributed by atoms with Gasteiger partial charge in [0.05, 0.1) is 6.10 Å². The topological polar surface area (TPSA) is 20.2 Å². The van der Waals surface area contributed by atoms with Gasteiger partial charge >= 0.3 is 5.51 Å². The molecular formula is C16H15F3OS. The number of hydrogen-bond acceptors (Lipinski definition) is 2. The second-order valence-electron chi connectivity index (χ2n) is 4.76. The molecule has 0 aliphatic heterocycles. The number of halogens is 3. The number of rotatable bonds is 4. The molecule has 21 heavy (non-hydrogen) atoms. The number of aliphatic hydroxyl groups excluding tert-OH is 1. The van der Waals surface area contributed by atoms with E-state index in [1.165, 1.54) is 24.3 Å². The predicted octanol–water partition coefficient (Wildman–Crippen LogP) is 4.88. The summed E-state index contributed by atoms with van der Waals surface area (Å²) in [5, 5.41) is 10.2. The first-order chi connectivity index (χ1) is 9.85. The molecule has 1 unspecified atom stereocenters. The summed E-state index contributed by atoms with van der Waals surface area (Å²) in [6.45, 7) is 1.96. The largest absolute Gasteiger partial charge is 0.446 e. The standard InChI is InChI=1S/C16H15F3OS/c1-11-4-2-3-5-13(11)10-15(20)12-6-8-14(9-7-12)21-16(17,18)19/h2-9,15,20H,10H2,1H3. The van der Waals surface area contributed by atoms with E-state index in [1.807, 2.05) is 31.2 Å². The van der Waals surface area contributed by atoms with Gasteiger partial charge in [-0.25, -0.2) is 0 Å². The quantitative estimate of drug-likeness (QED) is 0.812. The van der Waals surface area contributed by atoms with Crippen LogP contribution < -0.4 is 0 Å². The first-order valence-corrected chi connectivity index (χ1v) is 7.25. The molecule has 5 heteroatoms. The van der Waals surface area contributed by atoms with Crippen LogP contribution in [0.15, 0.2) is 53.4 Å². The Labute approximate surface area is 125 Å². The summed E-state index contributed by atoms with van der Waals surface area (Å²) < 4.78 is 36.7. The summed E-state index contributed by atoms with van der Waals surface area (Å²) in [4.78, 5) is 0.120. The Kier molecular flexibility index (Phi) is 4.96. The Morgan fingerprint density at radius 3 is 2.24 bits per heavy atom. The van der Waals surface area contributed by atoms with Gasteiger partial charge in [-0.2, -0.15) is 13.2 Å². The zero-order valence-corrected chi connectivity index (χ0v) is 12.2. The zero-order chi connectivity index (χ0) is 15.5. The van der Waals surface area contributed by atoms with Gasteiger partial charge in [0.15, 0.2) is 0 Å². The second kappa shape index (κ2) is 6.54. The Balaban J connectivity index is 2.06. The van der Waals surface area contributed by atoms with Crippen molar-refractivity contribution < 1.29 is 18.3 Å². The van der Waals surface area contributed by atoms with Gasteiger partial charge in [-0.05, 0) is 47.5 Å². The van der Waals surface area contributed by atoms with Crippen molar-refractivity contribution in [1.29, 1.82) is 0 Å². The van der Waals surface area contributed by atoms with Crippen LogP contribution in [0.2, 0.25) is 0 Å². The van der Waals surface area contributed by atoms with Crippen LogP contribution in [0.4, 0.5) is 13.2 Å². The molecule has 0 fully saturated rings. The molecule has 1 nitrogen and oxygen atoms in total. The van der Waals surface area contributed by atoms with Gasteiger partial charge in [-0.15, -0.1) is 0 Å². The number of aliphatic hydroxyl groups is 1. The lowest BCUT2D eigenvalue weighted by atomic mass is 9.98. The third kappa shape index (κ3) is 4.79. The third-order valence-electron chi connectivity index (χ3n) is 3.17. The molecule has 0 aliphatic carbocycles. The molecule has 112 valence electrons. The summed E-state index contributed by atoms with van der Waals surface area (Å²) in [7, 11) is 0. The van der Waals surface area contributed by atoms with Crippen molar-refractivity contribution in [3.05, 3.63) is 65.2 Å². The normalized spacial score (nSPS) is 13.2. The number of thioether (sulfide) groups is 1. The summed E-state index contributed by atoms with van der Waals surface area (Å²) in [6.07, 6.45) is -0.283. The molecule has 0 amide bonds. The monoisotopic (exact) mass is 312 g/mol. The fraction of sp³-hybridized carbons (Fsp3) is 0.250. The molecule has 1 atom stereocenters. The fourth-order valence-electron chi connectivity index (χ4n) is 2.06. The second-order valence-corrected chi connectivity index (χ2v) is 5.90. The highest BCUT2D eigenvalue weighted by atomic mass is 32.2. The first kappa shape index (κ1) is 15.9. The lowest BCUT2D eigenvalue weighted by Gasteiger charge is -2.13. The molecule has 1 N–H and O–H groups in total. The molecule has 0 heterocycles. The summed E-state index contributed by atoms with van der Waals surface area (Å²) in [6, 6.07) is 13.6. The minimum absolute atomic E-state index is 0.120. The molecule has 2 aromatic carbocycles. The predicted molar refractivity (Wildman–Crippen MR) is 78.2 cm³/mol. The summed E-state index contributed by atoms with van der Waals surface area (Å²) >= 11 is -0.154. The number of alkyl halides is 3. The maximum atomic E-state index is 12.2. The highest BCUT2D eigenvalue weighted by Gasteiger charge is 2.29. The molecule has 2 rings (SSSR count). The maximum Gasteiger partial charge on any atom is 0.446 e. The van der Waals surface area contributed by atoms with E-state index in [0.717, 1.165) is 11.1 Å². The summed E-state index contributed by atoms with van der Waals surface area (Å²) in [5.41, 5.74) is -1.56. The molecule has 0 radical (unpaired) electrons. The van der Waals surface area contributed by atoms with Crippen molar-refractivity contribution in [2.45, 2.75) is 29.9 Å². The average Bonchev–Trinajstić information content (AvgIpc) is 2.40. The van der Waals surface area contributed by atoms with Crippen LogP contribution in [0, 0.1) is 6.92 Å². The molecule has 0 saturated heterocycles. The van der Waals surface area contributed by atoms with Crippen LogP contribution >= 0.6 is 11.8 Å². The minimum Gasteiger partial charge on any atom is -0.388 e. The van der Waals surface area contributed by atoms with Crippen molar-refractivity contribution >= 4 is 11.8 Å². The lowest BCUT2D eigenvalue weighted by molar-refractivity contribution is -0.0328. The van der Waals surface area contributed by atoms with Crippen LogP contribution in [0.3, 0.4) is 0 Å². The lowest BCUT2D eigenvalue weighted by Crippen LogP contribution is -2.03. The minimum atomic E-state index is -4.29. The van der Waals surface area contributed by atoms with E-state index < -0.39 is 11.6 Å².